The van der Waals surface area contributed by atoms with E-state index in [1.165, 1.54) is 7.11 Å². The van der Waals surface area contributed by atoms with Gasteiger partial charge >= 0.3 is 5.97 Å². The Morgan fingerprint density at radius 2 is 1.21 bits per heavy atom. The highest BCUT2D eigenvalue weighted by Crippen LogP contribution is 2.55. The van der Waals surface area contributed by atoms with Crippen molar-refractivity contribution in [3.63, 3.8) is 0 Å². The number of anilines is 4. The molecular formula is C40H40N2O6. The third kappa shape index (κ3) is 5.74. The molecule has 1 heterocycles. The van der Waals surface area contributed by atoms with Crippen LogP contribution in [-0.2, 0) is 4.74 Å². The molecule has 0 N–H and O–H groups in total. The molecule has 0 bridgehead atoms. The lowest BCUT2D eigenvalue weighted by Crippen LogP contribution is -2.22. The molecule has 1 aliphatic rings. The predicted molar refractivity (Wildman–Crippen MR) is 190 cm³/mol. The Morgan fingerprint density at radius 1 is 0.625 bits per heavy atom. The second-order valence-corrected chi connectivity index (χ2v) is 11.2. The fourth-order valence-electron chi connectivity index (χ4n) is 6.54. The smallest absolute Gasteiger partial charge is 0.338 e. The van der Waals surface area contributed by atoms with Gasteiger partial charge in [-0.1, -0.05) is 48.5 Å². The molecule has 8 heteroatoms. The van der Waals surface area contributed by atoms with Gasteiger partial charge in [-0.2, -0.15) is 0 Å². The molecular weight excluding hydrogens is 604 g/mol. The van der Waals surface area contributed by atoms with Crippen molar-refractivity contribution < 1.29 is 28.5 Å². The van der Waals surface area contributed by atoms with Gasteiger partial charge in [-0.15, -0.1) is 0 Å². The van der Waals surface area contributed by atoms with Crippen molar-refractivity contribution in [3.05, 3.63) is 125 Å². The number of esters is 1. The van der Waals surface area contributed by atoms with Gasteiger partial charge in [0.2, 0.25) is 0 Å². The minimum absolute atomic E-state index is 0.369. The Morgan fingerprint density at radius 3 is 1.81 bits per heavy atom. The molecule has 5 aromatic rings. The zero-order valence-corrected chi connectivity index (χ0v) is 28.2. The van der Waals surface area contributed by atoms with Crippen LogP contribution in [0.3, 0.4) is 0 Å². The summed E-state index contributed by atoms with van der Waals surface area (Å²) in [7, 11) is 6.36. The van der Waals surface area contributed by atoms with Crippen molar-refractivity contribution in [2.75, 3.05) is 51.3 Å². The summed E-state index contributed by atoms with van der Waals surface area (Å²) in [6.07, 6.45) is 0. The SMILES string of the molecule is CCN(CC)c1ccc2c(c1)Oc1cc(OC)c(N(c3ccccc3OC)c3ccccc3OC)cc1C2c1ccccc1C(=O)OC. The molecule has 0 saturated heterocycles. The van der Waals surface area contributed by atoms with Crippen molar-refractivity contribution in [1.82, 2.24) is 0 Å². The van der Waals surface area contributed by atoms with Crippen LogP contribution < -0.4 is 28.7 Å². The summed E-state index contributed by atoms with van der Waals surface area (Å²) in [5, 5.41) is 0. The number of hydrogen-bond donors (Lipinski definition) is 0. The van der Waals surface area contributed by atoms with E-state index in [0.29, 0.717) is 28.6 Å². The first-order chi connectivity index (χ1) is 23.5. The van der Waals surface area contributed by atoms with Crippen molar-refractivity contribution in [1.29, 1.82) is 0 Å². The zero-order valence-electron chi connectivity index (χ0n) is 28.2. The Kier molecular flexibility index (Phi) is 9.43. The minimum Gasteiger partial charge on any atom is -0.495 e. The highest BCUT2D eigenvalue weighted by atomic mass is 16.5. The van der Waals surface area contributed by atoms with Gasteiger partial charge in [0.1, 0.15) is 28.7 Å². The molecule has 246 valence electrons. The fraction of sp³-hybridized carbons (Fsp3) is 0.225. The largest absolute Gasteiger partial charge is 0.495 e. The van der Waals surface area contributed by atoms with E-state index < -0.39 is 5.97 Å². The molecule has 0 aromatic heterocycles. The molecule has 5 aromatic carbocycles. The van der Waals surface area contributed by atoms with Gasteiger partial charge in [-0.3, -0.25) is 4.90 Å². The van der Waals surface area contributed by atoms with Gasteiger partial charge in [0, 0.05) is 48.0 Å². The van der Waals surface area contributed by atoms with Gasteiger partial charge in [0.15, 0.2) is 0 Å². The van der Waals surface area contributed by atoms with Crippen LogP contribution in [0.5, 0.6) is 28.7 Å². The number of methoxy groups -OCH3 is 4. The molecule has 0 saturated carbocycles. The predicted octanol–water partition coefficient (Wildman–Crippen LogP) is 9.10. The van der Waals surface area contributed by atoms with Crippen molar-refractivity contribution in [2.45, 2.75) is 19.8 Å². The average Bonchev–Trinajstić information content (AvgIpc) is 3.14. The summed E-state index contributed by atoms with van der Waals surface area (Å²) in [5.41, 5.74) is 6.46. The van der Waals surface area contributed by atoms with Gasteiger partial charge < -0.3 is 28.6 Å². The molecule has 0 spiro atoms. The van der Waals surface area contributed by atoms with Crippen LogP contribution in [0.2, 0.25) is 0 Å². The standard InChI is InChI=1S/C40H40N2O6/c1-7-41(8-2)26-21-22-29-36(23-26)48-37-25-38(46-5)33(24-30(37)39(29)27-15-9-10-16-28(27)40(43)47-6)42(31-17-11-13-19-34(31)44-3)32-18-12-14-20-35(32)45-4/h9-25,39H,7-8H2,1-6H3. The van der Waals surface area contributed by atoms with Crippen molar-refractivity contribution in [3.8, 4) is 28.7 Å². The van der Waals surface area contributed by atoms with Crippen LogP contribution in [0.15, 0.2) is 103 Å². The van der Waals surface area contributed by atoms with E-state index in [0.717, 1.165) is 58.3 Å². The molecule has 48 heavy (non-hydrogen) atoms. The van der Waals surface area contributed by atoms with Gasteiger partial charge in [-0.25, -0.2) is 4.79 Å². The molecule has 8 nitrogen and oxygen atoms in total. The van der Waals surface area contributed by atoms with E-state index >= 15 is 0 Å². The first kappa shape index (κ1) is 32.3. The molecule has 0 radical (unpaired) electrons. The number of para-hydroxylation sites is 4. The van der Waals surface area contributed by atoms with Gasteiger partial charge in [0.25, 0.3) is 0 Å². The number of carbonyl (C=O) groups is 1. The summed E-state index contributed by atoms with van der Waals surface area (Å²) in [6.45, 7) is 5.99. The molecule has 1 unspecified atom stereocenters. The molecule has 0 aliphatic carbocycles. The molecule has 1 aliphatic heterocycles. The summed E-state index contributed by atoms with van der Waals surface area (Å²) >= 11 is 0. The lowest BCUT2D eigenvalue weighted by Gasteiger charge is -2.34. The lowest BCUT2D eigenvalue weighted by molar-refractivity contribution is 0.0599. The Hall–Kier alpha value is -5.63. The maximum absolute atomic E-state index is 13.2. The number of hydrogen-bond acceptors (Lipinski definition) is 8. The van der Waals surface area contributed by atoms with Crippen LogP contribution in [0.1, 0.15) is 46.8 Å². The maximum atomic E-state index is 13.2. The summed E-state index contributed by atoms with van der Waals surface area (Å²) in [6, 6.07) is 33.5. The van der Waals surface area contributed by atoms with Crippen LogP contribution in [0, 0.1) is 0 Å². The highest BCUT2D eigenvalue weighted by molar-refractivity contribution is 5.92. The Bertz CT molecular complexity index is 1890. The molecule has 6 rings (SSSR count). The number of ether oxygens (including phenoxy) is 5. The zero-order chi connectivity index (χ0) is 33.8. The van der Waals surface area contributed by atoms with Gasteiger partial charge in [-0.05, 0) is 61.9 Å². The number of nitrogens with zero attached hydrogens (tertiary/aromatic N) is 2. The number of benzene rings is 5. The van der Waals surface area contributed by atoms with E-state index in [9.17, 15) is 4.79 Å². The van der Waals surface area contributed by atoms with Crippen molar-refractivity contribution >= 4 is 28.7 Å². The topological polar surface area (TPSA) is 69.7 Å². The lowest BCUT2D eigenvalue weighted by atomic mass is 9.80. The average molecular weight is 645 g/mol. The van der Waals surface area contributed by atoms with Crippen LogP contribution in [-0.4, -0.2) is 47.5 Å². The Balaban J connectivity index is 1.66. The maximum Gasteiger partial charge on any atom is 0.338 e. The Labute approximate surface area is 282 Å². The van der Waals surface area contributed by atoms with E-state index in [1.54, 1.807) is 27.4 Å². The highest BCUT2D eigenvalue weighted by Gasteiger charge is 2.35. The van der Waals surface area contributed by atoms with Crippen LogP contribution in [0.4, 0.5) is 22.7 Å². The first-order valence-electron chi connectivity index (χ1n) is 16.0. The van der Waals surface area contributed by atoms with E-state index in [4.69, 9.17) is 23.7 Å². The number of rotatable bonds is 11. The second-order valence-electron chi connectivity index (χ2n) is 11.2. The molecule has 1 atom stereocenters. The molecule has 0 amide bonds. The van der Waals surface area contributed by atoms with Gasteiger partial charge in [0.05, 0.1) is 51.1 Å². The van der Waals surface area contributed by atoms with Crippen molar-refractivity contribution in [2.24, 2.45) is 0 Å². The third-order valence-corrected chi connectivity index (χ3v) is 8.85. The van der Waals surface area contributed by atoms with E-state index in [-0.39, 0.29) is 5.92 Å². The van der Waals surface area contributed by atoms with E-state index in [1.807, 2.05) is 72.8 Å². The summed E-state index contributed by atoms with van der Waals surface area (Å²) < 4.78 is 29.8. The monoisotopic (exact) mass is 644 g/mol. The first-order valence-corrected chi connectivity index (χ1v) is 16.0. The second kappa shape index (κ2) is 14.0. The van der Waals surface area contributed by atoms with Crippen LogP contribution >= 0.6 is 0 Å². The summed E-state index contributed by atoms with van der Waals surface area (Å²) in [4.78, 5) is 17.5. The summed E-state index contributed by atoms with van der Waals surface area (Å²) in [5.74, 6) is 2.49. The third-order valence-electron chi connectivity index (χ3n) is 8.85. The molecule has 0 fully saturated rings. The normalized spacial score (nSPS) is 13.0. The quantitative estimate of drug-likeness (QED) is 0.129. The van der Waals surface area contributed by atoms with E-state index in [2.05, 4.69) is 47.9 Å². The number of fused-ring (bicyclic) bond motifs is 2. The fourth-order valence-corrected chi connectivity index (χ4v) is 6.54. The minimum atomic E-state index is -0.404. The van der Waals surface area contributed by atoms with Crippen LogP contribution in [0.25, 0.3) is 0 Å². The number of carbonyl (C=O) groups excluding carboxylic acids is 1.